The minimum absolute atomic E-state index is 0.0176. The van der Waals surface area contributed by atoms with Crippen molar-refractivity contribution in [3.63, 3.8) is 0 Å². The molecule has 0 unspecified atom stereocenters. The lowest BCUT2D eigenvalue weighted by atomic mass is 10.0. The molecule has 0 aliphatic carbocycles. The van der Waals surface area contributed by atoms with Crippen molar-refractivity contribution in [1.82, 2.24) is 5.32 Å². The molecule has 4 N–H and O–H groups in total. The summed E-state index contributed by atoms with van der Waals surface area (Å²) in [6, 6.07) is -0.0570. The van der Waals surface area contributed by atoms with Crippen molar-refractivity contribution in [2.45, 2.75) is 24.7 Å². The van der Waals surface area contributed by atoms with Gasteiger partial charge in [-0.2, -0.15) is 0 Å². The van der Waals surface area contributed by atoms with Crippen molar-refractivity contribution in [2.24, 2.45) is 0 Å². The first kappa shape index (κ1) is 7.94. The number of nitrogens with one attached hydrogen (secondary N) is 1. The van der Waals surface area contributed by atoms with E-state index < -0.39 is 12.2 Å². The van der Waals surface area contributed by atoms with E-state index in [1.807, 2.05) is 0 Å². The predicted octanol–water partition coefficient (Wildman–Crippen LogP) is -1.94. The fourth-order valence-electron chi connectivity index (χ4n) is 1.09. The van der Waals surface area contributed by atoms with Crippen LogP contribution in [0.15, 0.2) is 0 Å². The number of piperidine rings is 1. The molecule has 0 spiro atoms. The van der Waals surface area contributed by atoms with Crippen molar-refractivity contribution < 1.29 is 15.3 Å². The quantitative estimate of drug-likeness (QED) is 0.348. The summed E-state index contributed by atoms with van der Waals surface area (Å²) in [7, 11) is 0. The van der Waals surface area contributed by atoms with Crippen LogP contribution in [0, 0.1) is 0 Å². The van der Waals surface area contributed by atoms with E-state index in [4.69, 9.17) is 15.3 Å². The van der Waals surface area contributed by atoms with Gasteiger partial charge in [-0.1, -0.05) is 0 Å². The summed E-state index contributed by atoms with van der Waals surface area (Å²) >= 11 is 0. The predicted molar refractivity (Wildman–Crippen MR) is 35.5 cm³/mol. The smallest absolute Gasteiger partial charge is 0.0923 e. The maximum Gasteiger partial charge on any atom is 0.0923 e. The maximum absolute atomic E-state index is 9.08. The summed E-state index contributed by atoms with van der Waals surface area (Å²) in [5.74, 6) is 0. The minimum Gasteiger partial charge on any atom is -0.395 e. The molecular weight excluding hydrogens is 134 g/mol. The lowest BCUT2D eigenvalue weighted by Crippen LogP contribution is -2.50. The third-order valence-electron chi connectivity index (χ3n) is 1.81. The first-order valence-electron chi connectivity index (χ1n) is 3.44. The van der Waals surface area contributed by atoms with E-state index in [2.05, 4.69) is 5.32 Å². The molecule has 10 heavy (non-hydrogen) atoms. The zero-order chi connectivity index (χ0) is 7.56. The van der Waals surface area contributed by atoms with Crippen LogP contribution in [0.5, 0.6) is 0 Å². The Labute approximate surface area is 59.5 Å². The van der Waals surface area contributed by atoms with Gasteiger partial charge in [0.1, 0.15) is 0 Å². The molecule has 1 aliphatic heterocycles. The summed E-state index contributed by atoms with van der Waals surface area (Å²) in [4.78, 5) is 0. The number of aliphatic hydroxyl groups excluding tert-OH is 3. The Balaban J connectivity index is 2.33. The standard InChI is InChI=1S/C6H13NO3/c8-3-4-1-5(9)6(10)2-7-4/h4-10H,1-3H2/t4-,5+,6+/m1/s1. The second-order valence-electron chi connectivity index (χ2n) is 2.66. The van der Waals surface area contributed by atoms with E-state index in [0.29, 0.717) is 13.0 Å². The van der Waals surface area contributed by atoms with Crippen molar-refractivity contribution in [1.29, 1.82) is 0 Å². The van der Waals surface area contributed by atoms with Gasteiger partial charge in [-0.05, 0) is 6.42 Å². The lowest BCUT2D eigenvalue weighted by Gasteiger charge is -2.29. The first-order chi connectivity index (χ1) is 4.74. The van der Waals surface area contributed by atoms with Crippen LogP contribution < -0.4 is 5.32 Å². The summed E-state index contributed by atoms with van der Waals surface area (Å²) in [5, 5.41) is 29.6. The van der Waals surface area contributed by atoms with Crippen molar-refractivity contribution in [3.05, 3.63) is 0 Å². The second-order valence-corrected chi connectivity index (χ2v) is 2.66. The number of rotatable bonds is 1. The Kier molecular flexibility index (Phi) is 2.62. The van der Waals surface area contributed by atoms with Crippen LogP contribution in [-0.4, -0.2) is 46.7 Å². The number of hydrogen-bond acceptors (Lipinski definition) is 4. The van der Waals surface area contributed by atoms with Crippen LogP contribution in [0.3, 0.4) is 0 Å². The molecular formula is C6H13NO3. The summed E-state index contributed by atoms with van der Waals surface area (Å²) < 4.78 is 0. The molecule has 0 radical (unpaired) electrons. The number of aliphatic hydroxyl groups is 3. The van der Waals surface area contributed by atoms with E-state index >= 15 is 0 Å². The van der Waals surface area contributed by atoms with Crippen LogP contribution in [0.4, 0.5) is 0 Å². The zero-order valence-electron chi connectivity index (χ0n) is 5.70. The van der Waals surface area contributed by atoms with Gasteiger partial charge in [-0.25, -0.2) is 0 Å². The monoisotopic (exact) mass is 147 g/mol. The molecule has 0 amide bonds. The Morgan fingerprint density at radius 2 is 2.00 bits per heavy atom. The van der Waals surface area contributed by atoms with Crippen LogP contribution in [0.2, 0.25) is 0 Å². The van der Waals surface area contributed by atoms with Gasteiger partial charge >= 0.3 is 0 Å². The van der Waals surface area contributed by atoms with Crippen LogP contribution in [0.25, 0.3) is 0 Å². The van der Waals surface area contributed by atoms with E-state index in [0.717, 1.165) is 0 Å². The highest BCUT2D eigenvalue weighted by Crippen LogP contribution is 2.07. The fourth-order valence-corrected chi connectivity index (χ4v) is 1.09. The highest BCUT2D eigenvalue weighted by Gasteiger charge is 2.25. The molecule has 0 saturated carbocycles. The third-order valence-corrected chi connectivity index (χ3v) is 1.81. The Hall–Kier alpha value is -0.160. The molecule has 3 atom stereocenters. The topological polar surface area (TPSA) is 72.7 Å². The summed E-state index contributed by atoms with van der Waals surface area (Å²) in [6.07, 6.45) is -0.932. The van der Waals surface area contributed by atoms with Gasteiger partial charge in [0, 0.05) is 12.6 Å². The summed E-state index contributed by atoms with van der Waals surface area (Å²) in [5.41, 5.74) is 0. The third kappa shape index (κ3) is 1.67. The number of β-amino-alcohol motifs (C(OH)–C–C–N with tert-alkyl or cyclic N) is 1. The molecule has 4 heteroatoms. The lowest BCUT2D eigenvalue weighted by molar-refractivity contribution is -0.0185. The van der Waals surface area contributed by atoms with Crippen molar-refractivity contribution in [2.75, 3.05) is 13.2 Å². The van der Waals surface area contributed by atoms with Crippen molar-refractivity contribution >= 4 is 0 Å². The van der Waals surface area contributed by atoms with E-state index in [-0.39, 0.29) is 12.6 Å². The largest absolute Gasteiger partial charge is 0.395 e. The highest BCUT2D eigenvalue weighted by molar-refractivity contribution is 4.83. The van der Waals surface area contributed by atoms with E-state index in [1.54, 1.807) is 0 Å². The molecule has 0 aromatic rings. The zero-order valence-corrected chi connectivity index (χ0v) is 5.70. The average molecular weight is 147 g/mol. The van der Waals surface area contributed by atoms with Gasteiger partial charge in [0.05, 0.1) is 18.8 Å². The van der Waals surface area contributed by atoms with Gasteiger partial charge in [0.15, 0.2) is 0 Å². The second kappa shape index (κ2) is 3.30. The van der Waals surface area contributed by atoms with Gasteiger partial charge in [-0.15, -0.1) is 0 Å². The van der Waals surface area contributed by atoms with Gasteiger partial charge in [-0.3, -0.25) is 0 Å². The fraction of sp³-hybridized carbons (Fsp3) is 1.00. The molecule has 1 saturated heterocycles. The van der Waals surface area contributed by atoms with Gasteiger partial charge in [0.2, 0.25) is 0 Å². The Bertz CT molecular complexity index is 109. The SMILES string of the molecule is OC[C@H]1C[C@H](O)[C@@H](O)CN1. The van der Waals surface area contributed by atoms with Crippen LogP contribution in [0.1, 0.15) is 6.42 Å². The first-order valence-corrected chi connectivity index (χ1v) is 3.44. The Morgan fingerprint density at radius 1 is 1.30 bits per heavy atom. The highest BCUT2D eigenvalue weighted by atomic mass is 16.3. The maximum atomic E-state index is 9.08. The van der Waals surface area contributed by atoms with Gasteiger partial charge in [0.25, 0.3) is 0 Å². The summed E-state index contributed by atoms with van der Waals surface area (Å²) in [6.45, 7) is 0.385. The minimum atomic E-state index is -0.682. The number of hydrogen-bond donors (Lipinski definition) is 4. The van der Waals surface area contributed by atoms with Crippen LogP contribution in [-0.2, 0) is 0 Å². The molecule has 1 fully saturated rings. The molecule has 1 heterocycles. The molecule has 1 aliphatic rings. The molecule has 1 rings (SSSR count). The molecule has 0 bridgehead atoms. The van der Waals surface area contributed by atoms with E-state index in [1.165, 1.54) is 0 Å². The van der Waals surface area contributed by atoms with Crippen molar-refractivity contribution in [3.8, 4) is 0 Å². The van der Waals surface area contributed by atoms with Gasteiger partial charge < -0.3 is 20.6 Å². The molecule has 0 aromatic carbocycles. The molecule has 4 nitrogen and oxygen atoms in total. The van der Waals surface area contributed by atoms with E-state index in [9.17, 15) is 0 Å². The van der Waals surface area contributed by atoms with Crippen LogP contribution >= 0.6 is 0 Å². The molecule has 0 aromatic heterocycles. The normalized spacial score (nSPS) is 41.7. The average Bonchev–Trinajstić information content (AvgIpc) is 1.95. The molecule has 60 valence electrons. The Morgan fingerprint density at radius 3 is 2.50 bits per heavy atom.